The maximum absolute atomic E-state index is 14.9. The van der Waals surface area contributed by atoms with Crippen LogP contribution in [0.4, 0.5) is 16.0 Å². The average molecular weight is 518 g/mol. The molecule has 3 heterocycles. The van der Waals surface area contributed by atoms with Crippen LogP contribution in [-0.4, -0.2) is 29.5 Å². The average Bonchev–Trinajstić information content (AvgIpc) is 2.95. The number of rotatable bonds is 4. The highest BCUT2D eigenvalue weighted by Gasteiger charge is 2.22. The minimum Gasteiger partial charge on any atom is -0.382 e. The van der Waals surface area contributed by atoms with Crippen LogP contribution in [0.3, 0.4) is 0 Å². The molecule has 5 aromatic rings. The summed E-state index contributed by atoms with van der Waals surface area (Å²) < 4.78 is 16.3. The van der Waals surface area contributed by atoms with Gasteiger partial charge in [0, 0.05) is 12.4 Å². The third-order valence-electron chi connectivity index (χ3n) is 5.94. The molecule has 0 fully saturated rings. The van der Waals surface area contributed by atoms with E-state index in [9.17, 15) is 14.4 Å². The van der Waals surface area contributed by atoms with E-state index >= 15 is 0 Å². The first-order chi connectivity index (χ1) is 18.9. The van der Waals surface area contributed by atoms with Gasteiger partial charge >= 0.3 is 0 Å². The normalized spacial score (nSPS) is 11.3. The van der Waals surface area contributed by atoms with Crippen molar-refractivity contribution in [3.05, 3.63) is 106 Å². The van der Waals surface area contributed by atoms with Gasteiger partial charge in [-0.1, -0.05) is 18.1 Å². The van der Waals surface area contributed by atoms with Crippen LogP contribution in [-0.2, 0) is 0 Å². The minimum atomic E-state index is -0.695. The summed E-state index contributed by atoms with van der Waals surface area (Å²) in [5.74, 6) is 5.78. The molecule has 1 atom stereocenters. The van der Waals surface area contributed by atoms with Gasteiger partial charge in [-0.05, 0) is 49.6 Å². The van der Waals surface area contributed by atoms with E-state index in [1.165, 1.54) is 41.6 Å². The monoisotopic (exact) mass is 517 g/mol. The van der Waals surface area contributed by atoms with Crippen molar-refractivity contribution in [3.8, 4) is 23.6 Å². The third-order valence-corrected chi connectivity index (χ3v) is 5.94. The summed E-state index contributed by atoms with van der Waals surface area (Å²) in [5, 5.41) is 12.8. The molecule has 0 saturated carbocycles. The Kier molecular flexibility index (Phi) is 6.64. The van der Waals surface area contributed by atoms with Crippen LogP contribution < -0.4 is 16.6 Å². The molecule has 5 rings (SSSR count). The number of nitrogen functional groups attached to an aromatic ring is 1. The second-order valence-corrected chi connectivity index (χ2v) is 8.55. The fraction of sp³-hybridized carbons (Fsp3) is 0.107. The molecule has 11 heteroatoms. The fourth-order valence-electron chi connectivity index (χ4n) is 4.07. The largest absolute Gasteiger partial charge is 0.382 e. The van der Waals surface area contributed by atoms with Gasteiger partial charge in [-0.15, -0.1) is 0 Å². The van der Waals surface area contributed by atoms with E-state index in [-0.39, 0.29) is 28.4 Å². The van der Waals surface area contributed by atoms with E-state index < -0.39 is 17.4 Å². The number of hydrogen-bond donors (Lipinski definition) is 2. The van der Waals surface area contributed by atoms with E-state index in [1.807, 2.05) is 0 Å². The number of fused-ring (bicyclic) bond motifs is 1. The Hall–Kier alpha value is -5.68. The number of nitriles is 1. The Morgan fingerprint density at radius 2 is 1.97 bits per heavy atom. The molecule has 0 aliphatic rings. The summed E-state index contributed by atoms with van der Waals surface area (Å²) in [6.07, 6.45) is 5.83. The molecule has 1 unspecified atom stereocenters. The summed E-state index contributed by atoms with van der Waals surface area (Å²) in [5.41, 5.74) is 7.65. The van der Waals surface area contributed by atoms with Crippen molar-refractivity contribution in [2.75, 3.05) is 11.1 Å². The van der Waals surface area contributed by atoms with Gasteiger partial charge in [0.15, 0.2) is 0 Å². The lowest BCUT2D eigenvalue weighted by Gasteiger charge is -2.21. The maximum atomic E-state index is 14.9. The minimum absolute atomic E-state index is 0.0544. The number of nitrogens with two attached hydrogens (primary N) is 1. The Labute approximate surface area is 222 Å². The molecular weight excluding hydrogens is 497 g/mol. The summed E-state index contributed by atoms with van der Waals surface area (Å²) >= 11 is 0. The van der Waals surface area contributed by atoms with Crippen molar-refractivity contribution in [2.45, 2.75) is 19.9 Å². The molecule has 39 heavy (non-hydrogen) atoms. The summed E-state index contributed by atoms with van der Waals surface area (Å²) in [6.45, 7) is 3.46. The first kappa shape index (κ1) is 25.0. The zero-order chi connectivity index (χ0) is 27.5. The standard InChI is InChI=1S/C28H20FN9O/c1-16-6-9-22(29)24-23(16)28(39)38(20-5-3-4-18(12-20)13-30)27(37-24)17(2)36-26-21(25(31)34-15-35-26)8-7-19-14-32-10-11-33-19/h3-6,9-12,14-15,17H,1-2H3,(H3,31,34,35,36). The molecule has 3 aromatic heterocycles. The second-order valence-electron chi connectivity index (χ2n) is 8.55. The van der Waals surface area contributed by atoms with E-state index in [0.717, 1.165) is 0 Å². The number of benzene rings is 2. The first-order valence-electron chi connectivity index (χ1n) is 11.7. The van der Waals surface area contributed by atoms with Crippen molar-refractivity contribution in [3.63, 3.8) is 0 Å². The van der Waals surface area contributed by atoms with Gasteiger partial charge in [0.05, 0.1) is 34.9 Å². The number of anilines is 2. The smallest absolute Gasteiger partial charge is 0.266 e. The summed E-state index contributed by atoms with van der Waals surface area (Å²) in [6, 6.07) is 10.7. The molecule has 10 nitrogen and oxygen atoms in total. The van der Waals surface area contributed by atoms with Crippen molar-refractivity contribution in [1.82, 2.24) is 29.5 Å². The zero-order valence-corrected chi connectivity index (χ0v) is 20.8. The number of aromatic nitrogens is 6. The first-order valence-corrected chi connectivity index (χ1v) is 11.7. The Bertz CT molecular complexity index is 1890. The van der Waals surface area contributed by atoms with Gasteiger partial charge in [0.2, 0.25) is 0 Å². The van der Waals surface area contributed by atoms with E-state index in [2.05, 4.69) is 48.1 Å². The Balaban J connectivity index is 1.67. The second kappa shape index (κ2) is 10.4. The van der Waals surface area contributed by atoms with Crippen molar-refractivity contribution in [1.29, 1.82) is 5.26 Å². The van der Waals surface area contributed by atoms with Gasteiger partial charge in [-0.25, -0.2) is 24.3 Å². The van der Waals surface area contributed by atoms with Gasteiger partial charge in [0.1, 0.15) is 46.4 Å². The van der Waals surface area contributed by atoms with Crippen LogP contribution in [0.2, 0.25) is 0 Å². The molecule has 0 radical (unpaired) electrons. The molecule has 0 amide bonds. The highest BCUT2D eigenvalue weighted by Crippen LogP contribution is 2.26. The lowest BCUT2D eigenvalue weighted by molar-refractivity contribution is 0.631. The van der Waals surface area contributed by atoms with Crippen LogP contribution in [0.25, 0.3) is 16.6 Å². The highest BCUT2D eigenvalue weighted by atomic mass is 19.1. The molecule has 0 aliphatic heterocycles. The van der Waals surface area contributed by atoms with Gasteiger partial charge < -0.3 is 11.1 Å². The van der Waals surface area contributed by atoms with E-state index in [1.54, 1.807) is 38.1 Å². The van der Waals surface area contributed by atoms with Crippen molar-refractivity contribution in [2.24, 2.45) is 0 Å². The van der Waals surface area contributed by atoms with Gasteiger partial charge in [0.25, 0.3) is 5.56 Å². The number of hydrogen-bond acceptors (Lipinski definition) is 9. The fourth-order valence-corrected chi connectivity index (χ4v) is 4.07. The van der Waals surface area contributed by atoms with Crippen LogP contribution in [0.15, 0.2) is 66.1 Å². The van der Waals surface area contributed by atoms with Gasteiger partial charge in [-0.3, -0.25) is 14.3 Å². The van der Waals surface area contributed by atoms with E-state index in [4.69, 9.17) is 5.73 Å². The maximum Gasteiger partial charge on any atom is 0.266 e. The SMILES string of the molecule is Cc1ccc(F)c2nc(C(C)Nc3ncnc(N)c3C#Cc3cnccn3)n(-c3cccc(C#N)c3)c(=O)c12. The number of halogens is 1. The zero-order valence-electron chi connectivity index (χ0n) is 20.8. The molecule has 190 valence electrons. The van der Waals surface area contributed by atoms with Crippen molar-refractivity contribution >= 4 is 22.5 Å². The van der Waals surface area contributed by atoms with Gasteiger partial charge in [-0.2, -0.15) is 5.26 Å². The molecular formula is C28H20FN9O. The topological polar surface area (TPSA) is 148 Å². The Morgan fingerprint density at radius 3 is 2.74 bits per heavy atom. The molecule has 3 N–H and O–H groups in total. The number of nitrogens with one attached hydrogen (secondary N) is 1. The summed E-state index contributed by atoms with van der Waals surface area (Å²) in [4.78, 5) is 34.9. The molecule has 0 aliphatic carbocycles. The van der Waals surface area contributed by atoms with Crippen LogP contribution >= 0.6 is 0 Å². The van der Waals surface area contributed by atoms with Crippen molar-refractivity contribution < 1.29 is 4.39 Å². The predicted molar refractivity (Wildman–Crippen MR) is 143 cm³/mol. The molecule has 2 aromatic carbocycles. The van der Waals surface area contributed by atoms with Crippen LogP contribution in [0, 0.1) is 35.9 Å². The number of aryl methyl sites for hydroxylation is 1. The molecule has 0 saturated heterocycles. The lowest BCUT2D eigenvalue weighted by atomic mass is 10.1. The summed E-state index contributed by atoms with van der Waals surface area (Å²) in [7, 11) is 0. The molecule has 0 spiro atoms. The lowest BCUT2D eigenvalue weighted by Crippen LogP contribution is -2.28. The highest BCUT2D eigenvalue weighted by molar-refractivity contribution is 5.82. The predicted octanol–water partition coefficient (Wildman–Crippen LogP) is 3.44. The van der Waals surface area contributed by atoms with Crippen LogP contribution in [0.1, 0.15) is 41.2 Å². The number of nitrogens with zero attached hydrogens (tertiary/aromatic N) is 7. The van der Waals surface area contributed by atoms with E-state index in [0.29, 0.717) is 28.1 Å². The molecule has 0 bridgehead atoms. The quantitative estimate of drug-likeness (QED) is 0.342. The van der Waals surface area contributed by atoms with Crippen LogP contribution in [0.5, 0.6) is 0 Å². The Morgan fingerprint density at radius 1 is 1.13 bits per heavy atom. The third kappa shape index (κ3) is 4.84.